The Morgan fingerprint density at radius 2 is 1.71 bits per heavy atom. The zero-order valence-corrected chi connectivity index (χ0v) is 16.9. The molecule has 6 heteroatoms. The van der Waals surface area contributed by atoms with E-state index in [1.54, 1.807) is 35.8 Å². The van der Waals surface area contributed by atoms with Gasteiger partial charge in [-0.05, 0) is 48.0 Å². The minimum Gasteiger partial charge on any atom is -0.478 e. The van der Waals surface area contributed by atoms with Crippen LogP contribution in [0.1, 0.15) is 28.9 Å². The van der Waals surface area contributed by atoms with Crippen molar-refractivity contribution < 1.29 is 24.2 Å². The molecule has 1 unspecified atom stereocenters. The Balaban J connectivity index is 1.82. The Morgan fingerprint density at radius 3 is 2.45 bits per heavy atom. The molecule has 0 aliphatic rings. The maximum Gasteiger partial charge on any atom is 0.349 e. The van der Waals surface area contributed by atoms with Crippen LogP contribution in [0.3, 0.4) is 0 Å². The summed E-state index contributed by atoms with van der Waals surface area (Å²) in [4.78, 5) is 24.5. The van der Waals surface area contributed by atoms with E-state index < -0.39 is 18.0 Å². The Hall–Kier alpha value is -4.06. The molecule has 0 bridgehead atoms. The lowest BCUT2D eigenvalue weighted by Crippen LogP contribution is -2.19. The third-order valence-corrected chi connectivity index (χ3v) is 4.93. The maximum absolute atomic E-state index is 12.3. The topological polar surface area (TPSA) is 77.8 Å². The van der Waals surface area contributed by atoms with Crippen molar-refractivity contribution in [2.45, 2.75) is 13.0 Å². The molecule has 0 aliphatic heterocycles. The minimum absolute atomic E-state index is 0.238. The summed E-state index contributed by atoms with van der Waals surface area (Å²) in [5.41, 5.74) is 1.44. The lowest BCUT2D eigenvalue weighted by Gasteiger charge is -2.20. The van der Waals surface area contributed by atoms with Gasteiger partial charge < -0.3 is 19.1 Å². The first-order chi connectivity index (χ1) is 15.1. The van der Waals surface area contributed by atoms with Gasteiger partial charge in [0.05, 0.1) is 17.9 Å². The van der Waals surface area contributed by atoms with Gasteiger partial charge in [0, 0.05) is 18.0 Å². The first kappa shape index (κ1) is 20.2. The molecule has 0 spiro atoms. The summed E-state index contributed by atoms with van der Waals surface area (Å²) in [7, 11) is 0. The third-order valence-electron chi connectivity index (χ3n) is 4.93. The van der Waals surface area contributed by atoms with Crippen LogP contribution in [0.5, 0.6) is 5.75 Å². The molecule has 4 aromatic rings. The highest BCUT2D eigenvalue weighted by Crippen LogP contribution is 2.33. The van der Waals surface area contributed by atoms with Gasteiger partial charge in [-0.15, -0.1) is 0 Å². The zero-order chi connectivity index (χ0) is 21.8. The number of aromatic nitrogens is 1. The Labute approximate surface area is 179 Å². The average Bonchev–Trinajstić information content (AvgIpc) is 3.32. The fourth-order valence-electron chi connectivity index (χ4n) is 3.51. The standard InChI is InChI=1S/C25H21NO5/c1-2-30-25(29)18-12-13-21(26-14-5-6-15-26)22(16-18)31-23(24(27)28)20-11-7-9-17-8-3-4-10-19(17)20/h3-16,23H,2H2,1H3,(H,27,28). The summed E-state index contributed by atoms with van der Waals surface area (Å²) in [6.07, 6.45) is 2.37. The van der Waals surface area contributed by atoms with E-state index in [1.807, 2.05) is 54.9 Å². The first-order valence-electron chi connectivity index (χ1n) is 9.90. The van der Waals surface area contributed by atoms with Gasteiger partial charge in [-0.25, -0.2) is 9.59 Å². The second-order valence-corrected chi connectivity index (χ2v) is 6.90. The number of carboxylic acids is 1. The van der Waals surface area contributed by atoms with Crippen molar-refractivity contribution in [1.82, 2.24) is 4.57 Å². The zero-order valence-electron chi connectivity index (χ0n) is 16.9. The third kappa shape index (κ3) is 4.14. The molecule has 0 fully saturated rings. The van der Waals surface area contributed by atoms with Crippen molar-refractivity contribution in [1.29, 1.82) is 0 Å². The summed E-state index contributed by atoms with van der Waals surface area (Å²) < 4.78 is 13.0. The molecular weight excluding hydrogens is 394 g/mol. The second-order valence-electron chi connectivity index (χ2n) is 6.90. The number of rotatable bonds is 7. The molecule has 3 aromatic carbocycles. The fraction of sp³-hybridized carbons (Fsp3) is 0.120. The SMILES string of the molecule is CCOC(=O)c1ccc(-n2cccc2)c(OC(C(=O)O)c2cccc3ccccc23)c1. The number of carbonyl (C=O) groups is 2. The predicted octanol–water partition coefficient (Wildman–Crippen LogP) is 5.01. The van der Waals surface area contributed by atoms with Crippen molar-refractivity contribution in [3.05, 3.63) is 96.3 Å². The van der Waals surface area contributed by atoms with Crippen molar-refractivity contribution >= 4 is 22.7 Å². The number of ether oxygens (including phenoxy) is 2. The number of esters is 1. The van der Waals surface area contributed by atoms with Gasteiger partial charge in [0.15, 0.2) is 0 Å². The molecule has 156 valence electrons. The predicted molar refractivity (Wildman–Crippen MR) is 117 cm³/mol. The van der Waals surface area contributed by atoms with Crippen LogP contribution in [0, 0.1) is 0 Å². The summed E-state index contributed by atoms with van der Waals surface area (Å²) in [6, 6.07) is 21.6. The fourth-order valence-corrected chi connectivity index (χ4v) is 3.51. The molecule has 0 aliphatic carbocycles. The molecule has 0 saturated carbocycles. The number of carboxylic acid groups (broad SMARTS) is 1. The number of carbonyl (C=O) groups excluding carboxylic acids is 1. The van der Waals surface area contributed by atoms with Gasteiger partial charge in [-0.1, -0.05) is 42.5 Å². The van der Waals surface area contributed by atoms with E-state index in [0.29, 0.717) is 11.3 Å². The normalized spacial score (nSPS) is 11.8. The summed E-state index contributed by atoms with van der Waals surface area (Å²) in [5.74, 6) is -1.36. The van der Waals surface area contributed by atoms with Gasteiger partial charge >= 0.3 is 11.9 Å². The monoisotopic (exact) mass is 415 g/mol. The Morgan fingerprint density at radius 1 is 0.968 bits per heavy atom. The molecule has 0 saturated heterocycles. The number of aliphatic carboxylic acids is 1. The molecule has 0 amide bonds. The van der Waals surface area contributed by atoms with Crippen molar-refractivity contribution in [3.63, 3.8) is 0 Å². The van der Waals surface area contributed by atoms with Crippen LogP contribution in [0.2, 0.25) is 0 Å². The van der Waals surface area contributed by atoms with Gasteiger partial charge in [0.25, 0.3) is 0 Å². The van der Waals surface area contributed by atoms with Crippen LogP contribution >= 0.6 is 0 Å². The molecular formula is C25H21NO5. The lowest BCUT2D eigenvalue weighted by atomic mass is 10.0. The van der Waals surface area contributed by atoms with E-state index in [-0.39, 0.29) is 17.9 Å². The van der Waals surface area contributed by atoms with Gasteiger partial charge in [-0.2, -0.15) is 0 Å². The van der Waals surface area contributed by atoms with Crippen LogP contribution in [0.25, 0.3) is 16.5 Å². The highest BCUT2D eigenvalue weighted by molar-refractivity contribution is 5.91. The summed E-state index contributed by atoms with van der Waals surface area (Å²) in [5, 5.41) is 11.7. The number of hydrogen-bond acceptors (Lipinski definition) is 4. The van der Waals surface area contributed by atoms with Gasteiger partial charge in [0.2, 0.25) is 6.10 Å². The molecule has 31 heavy (non-hydrogen) atoms. The van der Waals surface area contributed by atoms with Crippen LogP contribution in [-0.4, -0.2) is 28.2 Å². The maximum atomic E-state index is 12.3. The van der Waals surface area contributed by atoms with Crippen LogP contribution in [0.15, 0.2) is 85.2 Å². The van der Waals surface area contributed by atoms with E-state index in [0.717, 1.165) is 10.8 Å². The molecule has 1 heterocycles. The Bertz CT molecular complexity index is 1220. The first-order valence-corrected chi connectivity index (χ1v) is 9.90. The van der Waals surface area contributed by atoms with E-state index in [4.69, 9.17) is 9.47 Å². The number of fused-ring (bicyclic) bond motifs is 1. The highest BCUT2D eigenvalue weighted by Gasteiger charge is 2.26. The van der Waals surface area contributed by atoms with Gasteiger partial charge in [-0.3, -0.25) is 0 Å². The molecule has 1 N–H and O–H groups in total. The van der Waals surface area contributed by atoms with Crippen LogP contribution in [-0.2, 0) is 9.53 Å². The van der Waals surface area contributed by atoms with E-state index in [2.05, 4.69) is 0 Å². The molecule has 1 aromatic heterocycles. The van der Waals surface area contributed by atoms with Crippen LogP contribution < -0.4 is 4.74 Å². The Kier molecular flexibility index (Phi) is 5.71. The molecule has 1 atom stereocenters. The highest BCUT2D eigenvalue weighted by atomic mass is 16.5. The average molecular weight is 415 g/mol. The minimum atomic E-state index is -1.27. The lowest BCUT2D eigenvalue weighted by molar-refractivity contribution is -0.145. The largest absolute Gasteiger partial charge is 0.478 e. The number of nitrogens with zero attached hydrogens (tertiary/aromatic N) is 1. The van der Waals surface area contributed by atoms with Gasteiger partial charge in [0.1, 0.15) is 5.75 Å². The van der Waals surface area contributed by atoms with Crippen molar-refractivity contribution in [2.75, 3.05) is 6.61 Å². The molecule has 6 nitrogen and oxygen atoms in total. The number of hydrogen-bond donors (Lipinski definition) is 1. The van der Waals surface area contributed by atoms with Crippen LogP contribution in [0.4, 0.5) is 0 Å². The summed E-state index contributed by atoms with van der Waals surface area (Å²) in [6.45, 7) is 1.96. The van der Waals surface area contributed by atoms with E-state index in [1.165, 1.54) is 6.07 Å². The van der Waals surface area contributed by atoms with Crippen molar-refractivity contribution in [3.8, 4) is 11.4 Å². The molecule has 0 radical (unpaired) electrons. The second kappa shape index (κ2) is 8.75. The van der Waals surface area contributed by atoms with Crippen molar-refractivity contribution in [2.24, 2.45) is 0 Å². The quantitative estimate of drug-likeness (QED) is 0.429. The number of benzene rings is 3. The van der Waals surface area contributed by atoms with E-state index in [9.17, 15) is 14.7 Å². The van der Waals surface area contributed by atoms with E-state index >= 15 is 0 Å². The smallest absolute Gasteiger partial charge is 0.349 e. The molecule has 4 rings (SSSR count). The summed E-state index contributed by atoms with van der Waals surface area (Å²) >= 11 is 0.